The lowest BCUT2D eigenvalue weighted by atomic mass is 9.94. The predicted molar refractivity (Wildman–Crippen MR) is 217 cm³/mol. The van der Waals surface area contributed by atoms with Crippen molar-refractivity contribution in [3.05, 3.63) is 182 Å². The second kappa shape index (κ2) is 10.9. The molecular weight excluding hydrogens is 617 g/mol. The number of rotatable bonds is 3. The third kappa shape index (κ3) is 4.47. The zero-order valence-corrected chi connectivity index (χ0v) is 27.7. The Morgan fingerprint density at radius 1 is 0.294 bits per heavy atom. The summed E-state index contributed by atoms with van der Waals surface area (Å²) in [5, 5.41) is 11.1. The van der Waals surface area contributed by atoms with Gasteiger partial charge in [0.2, 0.25) is 0 Å². The molecule has 0 N–H and O–H groups in total. The predicted octanol–water partition coefficient (Wildman–Crippen LogP) is 13.3. The molecule has 9 aromatic carbocycles. The van der Waals surface area contributed by atoms with E-state index < -0.39 is 0 Å². The quantitative estimate of drug-likeness (QED) is 0.175. The number of benzene rings is 9. The van der Waals surface area contributed by atoms with E-state index in [0.717, 1.165) is 16.7 Å². The second-order valence-electron chi connectivity index (χ2n) is 13.7. The van der Waals surface area contributed by atoms with E-state index in [1.165, 1.54) is 87.4 Å². The topological polar surface area (TPSA) is 17.3 Å². The maximum atomic E-state index is 5.04. The van der Waals surface area contributed by atoms with Gasteiger partial charge in [0.25, 0.3) is 0 Å². The molecule has 0 spiro atoms. The van der Waals surface area contributed by atoms with Crippen LogP contribution in [-0.4, -0.2) is 9.38 Å². The first-order chi connectivity index (χ1) is 25.2. The van der Waals surface area contributed by atoms with Crippen LogP contribution in [0, 0.1) is 0 Å². The van der Waals surface area contributed by atoms with Gasteiger partial charge in [-0.2, -0.15) is 0 Å². The minimum absolute atomic E-state index is 1.01. The summed E-state index contributed by atoms with van der Waals surface area (Å²) in [6.45, 7) is 0. The molecule has 11 aromatic rings. The monoisotopic (exact) mass is 646 g/mol. The van der Waals surface area contributed by atoms with Crippen LogP contribution < -0.4 is 0 Å². The summed E-state index contributed by atoms with van der Waals surface area (Å²) in [5.41, 5.74) is 11.7. The van der Waals surface area contributed by atoms with E-state index in [1.807, 2.05) is 0 Å². The average Bonchev–Trinajstić information content (AvgIpc) is 3.60. The highest BCUT2D eigenvalue weighted by Crippen LogP contribution is 2.36. The Balaban J connectivity index is 0.954. The van der Waals surface area contributed by atoms with Crippen LogP contribution in [-0.2, 0) is 0 Å². The van der Waals surface area contributed by atoms with Gasteiger partial charge in [-0.3, -0.25) is 4.40 Å². The van der Waals surface area contributed by atoms with Gasteiger partial charge in [0.1, 0.15) is 5.65 Å². The highest BCUT2D eigenvalue weighted by Gasteiger charge is 2.14. The molecule has 0 saturated heterocycles. The minimum atomic E-state index is 1.01. The Morgan fingerprint density at radius 3 is 1.33 bits per heavy atom. The van der Waals surface area contributed by atoms with Gasteiger partial charge >= 0.3 is 0 Å². The van der Waals surface area contributed by atoms with E-state index in [2.05, 4.69) is 186 Å². The zero-order valence-electron chi connectivity index (χ0n) is 27.7. The molecule has 2 heterocycles. The molecule has 0 amide bonds. The summed E-state index contributed by atoms with van der Waals surface area (Å²) in [5.74, 6) is 0. The molecule has 0 radical (unpaired) electrons. The molecule has 0 atom stereocenters. The Hall–Kier alpha value is -6.77. The Morgan fingerprint density at radius 2 is 0.725 bits per heavy atom. The number of pyridine rings is 1. The van der Waals surface area contributed by atoms with E-state index in [-0.39, 0.29) is 0 Å². The smallest absolute Gasteiger partial charge is 0.146 e. The number of hydrogen-bond acceptors (Lipinski definition) is 1. The lowest BCUT2D eigenvalue weighted by Gasteiger charge is -2.12. The molecule has 0 saturated carbocycles. The van der Waals surface area contributed by atoms with Crippen molar-refractivity contribution in [3.63, 3.8) is 0 Å². The first-order valence-corrected chi connectivity index (χ1v) is 17.5. The third-order valence-electron chi connectivity index (χ3n) is 10.7. The van der Waals surface area contributed by atoms with Crippen LogP contribution in [0.5, 0.6) is 0 Å². The fraction of sp³-hybridized carbons (Fsp3) is 0. The molecule has 0 unspecified atom stereocenters. The van der Waals surface area contributed by atoms with Gasteiger partial charge < -0.3 is 0 Å². The average molecular weight is 647 g/mol. The van der Waals surface area contributed by atoms with Crippen LogP contribution in [0.25, 0.3) is 104 Å². The first kappa shape index (κ1) is 28.1. The van der Waals surface area contributed by atoms with Crippen molar-refractivity contribution in [1.29, 1.82) is 0 Å². The van der Waals surface area contributed by atoms with Crippen molar-refractivity contribution in [1.82, 2.24) is 9.38 Å². The van der Waals surface area contributed by atoms with Gasteiger partial charge in [-0.25, -0.2) is 4.98 Å². The van der Waals surface area contributed by atoms with Crippen LogP contribution >= 0.6 is 0 Å². The van der Waals surface area contributed by atoms with Crippen LogP contribution in [0.15, 0.2) is 182 Å². The second-order valence-corrected chi connectivity index (χ2v) is 13.7. The highest BCUT2D eigenvalue weighted by molar-refractivity contribution is 6.14. The maximum Gasteiger partial charge on any atom is 0.146 e. The molecule has 0 bridgehead atoms. The first-order valence-electron chi connectivity index (χ1n) is 17.5. The number of imidazole rings is 1. The summed E-state index contributed by atoms with van der Waals surface area (Å²) < 4.78 is 2.31. The molecule has 236 valence electrons. The molecule has 2 aromatic heterocycles. The Bertz CT molecular complexity index is 3200. The van der Waals surface area contributed by atoms with E-state index in [9.17, 15) is 0 Å². The van der Waals surface area contributed by atoms with Crippen molar-refractivity contribution in [2.45, 2.75) is 0 Å². The number of nitrogens with zero attached hydrogens (tertiary/aromatic N) is 2. The summed E-state index contributed by atoms with van der Waals surface area (Å²) in [6, 6.07) is 66.5. The lowest BCUT2D eigenvalue weighted by molar-refractivity contribution is 1.31. The molecule has 0 fully saturated rings. The number of hydrogen-bond donors (Lipinski definition) is 0. The SMILES string of the molecule is c1ccc2cc(-c3ccc4cc(-c5ccc6cc(-c7ccc8c(c7)c7ccccc7c7nc9ccccc9n87)ccc6c5)ccc4c3)ccc2c1. The summed E-state index contributed by atoms with van der Waals surface area (Å²) in [7, 11) is 0. The van der Waals surface area contributed by atoms with Crippen molar-refractivity contribution < 1.29 is 0 Å². The molecule has 2 nitrogen and oxygen atoms in total. The van der Waals surface area contributed by atoms with E-state index in [0.29, 0.717) is 0 Å². The molecule has 2 heteroatoms. The Kier molecular flexibility index (Phi) is 5.99. The molecule has 11 rings (SSSR count). The van der Waals surface area contributed by atoms with Gasteiger partial charge in [0.15, 0.2) is 0 Å². The van der Waals surface area contributed by atoms with E-state index in [1.54, 1.807) is 0 Å². The summed E-state index contributed by atoms with van der Waals surface area (Å²) >= 11 is 0. The van der Waals surface area contributed by atoms with Gasteiger partial charge in [-0.1, -0.05) is 127 Å². The van der Waals surface area contributed by atoms with Gasteiger partial charge in [-0.15, -0.1) is 0 Å². The zero-order chi connectivity index (χ0) is 33.5. The molecule has 51 heavy (non-hydrogen) atoms. The standard InChI is InChI=1S/C49H30N2/c1-2-8-32-25-33(14-13-31(32)7-1)34-15-16-36-27-37(18-17-35(36)26-34)38-19-20-40-29-41(22-21-39(40)28-38)42-23-24-47-45(30-42)43-9-3-4-10-44(43)49-50-46-11-5-6-12-48(46)51(47)49/h1-30H. The summed E-state index contributed by atoms with van der Waals surface area (Å²) in [4.78, 5) is 5.04. The largest absolute Gasteiger partial charge is 0.292 e. The molecule has 0 aliphatic carbocycles. The van der Waals surface area contributed by atoms with Crippen molar-refractivity contribution in [2.75, 3.05) is 0 Å². The molecule has 0 aliphatic heterocycles. The normalized spacial score (nSPS) is 11.9. The fourth-order valence-electron chi connectivity index (χ4n) is 8.07. The van der Waals surface area contributed by atoms with Crippen molar-refractivity contribution in [3.8, 4) is 33.4 Å². The van der Waals surface area contributed by atoms with Crippen LogP contribution in [0.1, 0.15) is 0 Å². The van der Waals surface area contributed by atoms with Crippen molar-refractivity contribution in [2.24, 2.45) is 0 Å². The van der Waals surface area contributed by atoms with Gasteiger partial charge in [-0.05, 0) is 126 Å². The van der Waals surface area contributed by atoms with E-state index >= 15 is 0 Å². The lowest BCUT2D eigenvalue weighted by Crippen LogP contribution is -1.92. The molecular formula is C49H30N2. The number of aromatic nitrogens is 2. The van der Waals surface area contributed by atoms with Gasteiger partial charge in [0, 0.05) is 10.8 Å². The van der Waals surface area contributed by atoms with Crippen LogP contribution in [0.2, 0.25) is 0 Å². The number of fused-ring (bicyclic) bond motifs is 11. The number of para-hydroxylation sites is 2. The minimum Gasteiger partial charge on any atom is -0.292 e. The Labute approximate surface area is 294 Å². The van der Waals surface area contributed by atoms with E-state index in [4.69, 9.17) is 4.98 Å². The van der Waals surface area contributed by atoms with Gasteiger partial charge in [0.05, 0.1) is 16.6 Å². The molecule has 0 aliphatic rings. The maximum absolute atomic E-state index is 5.04. The van der Waals surface area contributed by atoms with Crippen molar-refractivity contribution >= 4 is 70.7 Å². The highest BCUT2D eigenvalue weighted by atomic mass is 15.0. The third-order valence-corrected chi connectivity index (χ3v) is 10.7. The van der Waals surface area contributed by atoms with Crippen LogP contribution in [0.3, 0.4) is 0 Å². The fourth-order valence-corrected chi connectivity index (χ4v) is 8.07. The summed E-state index contributed by atoms with van der Waals surface area (Å²) in [6.07, 6.45) is 0. The van der Waals surface area contributed by atoms with Crippen LogP contribution in [0.4, 0.5) is 0 Å².